The summed E-state index contributed by atoms with van der Waals surface area (Å²) in [7, 11) is 1.67. The fourth-order valence-corrected chi connectivity index (χ4v) is 3.80. The summed E-state index contributed by atoms with van der Waals surface area (Å²) in [5, 5.41) is 1.74. The van der Waals surface area contributed by atoms with Crippen molar-refractivity contribution in [3.8, 4) is 17.2 Å². The average molecular weight is 461 g/mol. The molecule has 0 atom stereocenters. The molecular formula is C28H32N2O4. The molecule has 0 aliphatic carbocycles. The van der Waals surface area contributed by atoms with Gasteiger partial charge >= 0.3 is 0 Å². The van der Waals surface area contributed by atoms with Gasteiger partial charge < -0.3 is 14.3 Å². The maximum atomic E-state index is 6.05. The highest BCUT2D eigenvalue weighted by Crippen LogP contribution is 2.32. The quantitative estimate of drug-likeness (QED) is 0.371. The van der Waals surface area contributed by atoms with E-state index >= 15 is 0 Å². The van der Waals surface area contributed by atoms with Gasteiger partial charge in [0.2, 0.25) is 0 Å². The van der Waals surface area contributed by atoms with Crippen LogP contribution in [0.15, 0.2) is 72.8 Å². The Bertz CT molecular complexity index is 1140. The second kappa shape index (κ2) is 10.2. The highest BCUT2D eigenvalue weighted by Gasteiger charge is 2.22. The molecule has 4 rings (SSSR count). The van der Waals surface area contributed by atoms with Crippen LogP contribution in [0.5, 0.6) is 17.2 Å². The minimum absolute atomic E-state index is 0.299. The minimum atomic E-state index is -0.300. The maximum Gasteiger partial charge on any atom is 0.150 e. The highest BCUT2D eigenvalue weighted by molar-refractivity contribution is 5.62. The molecule has 0 amide bonds. The molecule has 1 aliphatic heterocycles. The second-order valence-electron chi connectivity index (χ2n) is 9.12. The molecular weight excluding hydrogens is 428 g/mol. The van der Waals surface area contributed by atoms with Gasteiger partial charge in [-0.15, -0.1) is 4.94 Å². The summed E-state index contributed by atoms with van der Waals surface area (Å²) in [6.07, 6.45) is 4.17. The third-order valence-corrected chi connectivity index (χ3v) is 5.61. The molecule has 0 aromatic heterocycles. The summed E-state index contributed by atoms with van der Waals surface area (Å²) in [6.45, 7) is 8.82. The van der Waals surface area contributed by atoms with Crippen LogP contribution in [-0.4, -0.2) is 12.7 Å². The normalized spacial score (nSPS) is 13.8. The first kappa shape index (κ1) is 23.7. The lowest BCUT2D eigenvalue weighted by Crippen LogP contribution is -2.33. The van der Waals surface area contributed by atoms with E-state index in [-0.39, 0.29) is 5.60 Å². The number of nitrogens with zero attached hydrogens (tertiary/aromatic N) is 1. The Morgan fingerprint density at radius 1 is 1.00 bits per heavy atom. The lowest BCUT2D eigenvalue weighted by molar-refractivity contribution is -0.120. The third kappa shape index (κ3) is 5.71. The first-order valence-electron chi connectivity index (χ1n) is 11.4. The number of fused-ring (bicyclic) bond motifs is 1. The Labute approximate surface area is 201 Å². The first-order chi connectivity index (χ1) is 16.3. The van der Waals surface area contributed by atoms with Gasteiger partial charge in [-0.3, -0.25) is 0 Å². The van der Waals surface area contributed by atoms with Gasteiger partial charge in [0.1, 0.15) is 17.1 Å². The van der Waals surface area contributed by atoms with Crippen molar-refractivity contribution in [2.24, 2.45) is 0 Å². The molecule has 0 spiro atoms. The summed E-state index contributed by atoms with van der Waals surface area (Å²) in [4.78, 5) is 11.5. The van der Waals surface area contributed by atoms with Crippen LogP contribution in [0.2, 0.25) is 0 Å². The predicted molar refractivity (Wildman–Crippen MR) is 135 cm³/mol. The SMILES string of the molecule is COc1ccc(ONON(Cc2ccc3c(c2)C=CC(C)(C)O3)c2ccccc2)cc1C(C)C. The predicted octanol–water partition coefficient (Wildman–Crippen LogP) is 6.44. The van der Waals surface area contributed by atoms with E-state index in [1.54, 1.807) is 12.2 Å². The fourth-order valence-electron chi connectivity index (χ4n) is 3.80. The van der Waals surface area contributed by atoms with Crippen molar-refractivity contribution in [1.82, 2.24) is 5.64 Å². The van der Waals surface area contributed by atoms with Crippen LogP contribution in [0.4, 0.5) is 5.69 Å². The number of para-hydroxylation sites is 1. The molecule has 0 bridgehead atoms. The van der Waals surface area contributed by atoms with Crippen LogP contribution in [0.3, 0.4) is 0 Å². The monoisotopic (exact) mass is 460 g/mol. The van der Waals surface area contributed by atoms with Crippen LogP contribution < -0.4 is 25.0 Å². The minimum Gasteiger partial charge on any atom is -0.496 e. The van der Waals surface area contributed by atoms with Crippen LogP contribution in [-0.2, 0) is 11.5 Å². The molecule has 6 heteroatoms. The Morgan fingerprint density at radius 2 is 1.79 bits per heavy atom. The van der Waals surface area contributed by atoms with Gasteiger partial charge in [-0.05, 0) is 79.5 Å². The van der Waals surface area contributed by atoms with E-state index < -0.39 is 0 Å². The zero-order valence-corrected chi connectivity index (χ0v) is 20.4. The summed E-state index contributed by atoms with van der Waals surface area (Å²) in [5.41, 5.74) is 6.42. The van der Waals surface area contributed by atoms with Crippen molar-refractivity contribution in [3.63, 3.8) is 0 Å². The molecule has 0 unspecified atom stereocenters. The van der Waals surface area contributed by atoms with Crippen molar-refractivity contribution in [2.45, 2.75) is 45.8 Å². The van der Waals surface area contributed by atoms with Gasteiger partial charge in [-0.2, -0.15) is 0 Å². The number of rotatable bonds is 9. The Hall–Kier alpha value is -3.48. The van der Waals surface area contributed by atoms with Crippen LogP contribution >= 0.6 is 0 Å². The number of hydrogen-bond donors (Lipinski definition) is 1. The molecule has 0 saturated carbocycles. The van der Waals surface area contributed by atoms with Crippen molar-refractivity contribution >= 4 is 11.8 Å². The second-order valence-corrected chi connectivity index (χ2v) is 9.12. The molecule has 0 radical (unpaired) electrons. The highest BCUT2D eigenvalue weighted by atomic mass is 17.0. The molecule has 1 heterocycles. The summed E-state index contributed by atoms with van der Waals surface area (Å²) >= 11 is 0. The largest absolute Gasteiger partial charge is 0.496 e. The van der Waals surface area contributed by atoms with E-state index in [0.29, 0.717) is 18.2 Å². The number of benzene rings is 3. The number of anilines is 1. The molecule has 6 nitrogen and oxygen atoms in total. The number of hydrogen-bond acceptors (Lipinski definition) is 6. The molecule has 178 valence electrons. The third-order valence-electron chi connectivity index (χ3n) is 5.61. The van der Waals surface area contributed by atoms with Crippen molar-refractivity contribution in [3.05, 3.63) is 89.5 Å². The molecule has 0 fully saturated rings. The van der Waals surface area contributed by atoms with Crippen molar-refractivity contribution < 1.29 is 19.2 Å². The number of ether oxygens (including phenoxy) is 2. The topological polar surface area (TPSA) is 52.2 Å². The smallest absolute Gasteiger partial charge is 0.150 e. The van der Waals surface area contributed by atoms with E-state index in [9.17, 15) is 0 Å². The van der Waals surface area contributed by atoms with Crippen LogP contribution in [0.25, 0.3) is 6.08 Å². The first-order valence-corrected chi connectivity index (χ1v) is 11.4. The average Bonchev–Trinajstić information content (AvgIpc) is 2.83. The standard InChI is InChI=1S/C28H32N2O4/c1-20(2)25-18-24(12-14-27(25)31-5)33-29-34-30(23-9-7-6-8-10-23)19-21-11-13-26-22(17-21)15-16-28(3,4)32-26/h6-18,20,29H,19H2,1-5H3. The van der Waals surface area contributed by atoms with Gasteiger partial charge in [-0.1, -0.05) is 44.2 Å². The zero-order chi connectivity index (χ0) is 24.1. The molecule has 3 aromatic carbocycles. The Kier molecular flexibility index (Phi) is 7.10. The summed E-state index contributed by atoms with van der Waals surface area (Å²) in [6, 6.07) is 21.7. The fraction of sp³-hybridized carbons (Fsp3) is 0.286. The van der Waals surface area contributed by atoms with Crippen molar-refractivity contribution in [1.29, 1.82) is 0 Å². The van der Waals surface area contributed by atoms with Crippen LogP contribution in [0, 0.1) is 0 Å². The lowest BCUT2D eigenvalue weighted by Gasteiger charge is -2.28. The van der Waals surface area contributed by atoms with Gasteiger partial charge in [0, 0.05) is 11.1 Å². The van der Waals surface area contributed by atoms with Gasteiger partial charge in [0.05, 0.1) is 19.3 Å². The maximum absolute atomic E-state index is 6.05. The molecule has 34 heavy (non-hydrogen) atoms. The molecule has 1 aliphatic rings. The number of hydroxylamine groups is 1. The molecule has 0 saturated heterocycles. The number of nitrogens with one attached hydrogen (secondary N) is 1. The molecule has 3 aromatic rings. The zero-order valence-electron chi connectivity index (χ0n) is 20.4. The van der Waals surface area contributed by atoms with E-state index in [4.69, 9.17) is 19.2 Å². The summed E-state index contributed by atoms with van der Waals surface area (Å²) in [5.74, 6) is 2.65. The van der Waals surface area contributed by atoms with E-state index in [1.807, 2.05) is 74.5 Å². The summed E-state index contributed by atoms with van der Waals surface area (Å²) < 4.78 is 11.5. The van der Waals surface area contributed by atoms with Crippen LogP contribution in [0.1, 0.15) is 50.3 Å². The Morgan fingerprint density at radius 3 is 2.53 bits per heavy atom. The van der Waals surface area contributed by atoms with E-state index in [0.717, 1.165) is 33.9 Å². The van der Waals surface area contributed by atoms with E-state index in [1.165, 1.54) is 0 Å². The van der Waals surface area contributed by atoms with Crippen molar-refractivity contribution in [2.75, 3.05) is 12.2 Å². The van der Waals surface area contributed by atoms with Gasteiger partial charge in [0.15, 0.2) is 5.75 Å². The number of methoxy groups -OCH3 is 1. The lowest BCUT2D eigenvalue weighted by atomic mass is 10.0. The van der Waals surface area contributed by atoms with Gasteiger partial charge in [-0.25, -0.2) is 5.06 Å². The van der Waals surface area contributed by atoms with E-state index in [2.05, 4.69) is 37.7 Å². The Balaban J connectivity index is 1.47. The molecule has 1 N–H and O–H groups in total. The van der Waals surface area contributed by atoms with Gasteiger partial charge in [0.25, 0.3) is 0 Å².